The van der Waals surface area contributed by atoms with Crippen LogP contribution in [-0.2, 0) is 0 Å². The largest absolute Gasteiger partial charge is 0.456 e. The van der Waals surface area contributed by atoms with Gasteiger partial charge in [0.15, 0.2) is 17.5 Å². The zero-order valence-electron chi connectivity index (χ0n) is 37.3. The lowest BCUT2D eigenvalue weighted by atomic mass is 9.98. The Morgan fingerprint density at radius 1 is 0.329 bits per heavy atom. The fraction of sp³-hybridized carbons (Fsp3) is 0. The maximum Gasteiger partial charge on any atom is 0.164 e. The van der Waals surface area contributed by atoms with Crippen LogP contribution in [0.1, 0.15) is 0 Å². The molecule has 10 aromatic carbocycles. The fourth-order valence-electron chi connectivity index (χ4n) is 10.7. The fourth-order valence-corrected chi connectivity index (χ4v) is 11.8. The molecular formula is C63H36N4O2S. The number of benzene rings is 10. The van der Waals surface area contributed by atoms with E-state index in [2.05, 4.69) is 168 Å². The number of furan rings is 2. The molecule has 0 aliphatic rings. The normalized spacial score (nSPS) is 12.0. The van der Waals surface area contributed by atoms with Crippen molar-refractivity contribution in [2.45, 2.75) is 0 Å². The lowest BCUT2D eigenvalue weighted by molar-refractivity contribution is 0.668. The van der Waals surface area contributed by atoms with E-state index in [9.17, 15) is 0 Å². The van der Waals surface area contributed by atoms with Gasteiger partial charge in [-0.2, -0.15) is 0 Å². The van der Waals surface area contributed by atoms with Crippen LogP contribution in [0.4, 0.5) is 0 Å². The van der Waals surface area contributed by atoms with Crippen LogP contribution in [0, 0.1) is 0 Å². The second-order valence-corrected chi connectivity index (χ2v) is 18.9. The van der Waals surface area contributed by atoms with E-state index in [1.807, 2.05) is 65.9 Å². The number of rotatable bonds is 6. The van der Waals surface area contributed by atoms with Crippen LogP contribution in [-0.4, -0.2) is 19.5 Å². The van der Waals surface area contributed by atoms with Gasteiger partial charge in [0.2, 0.25) is 0 Å². The van der Waals surface area contributed by atoms with E-state index < -0.39 is 0 Å². The van der Waals surface area contributed by atoms with Gasteiger partial charge >= 0.3 is 0 Å². The van der Waals surface area contributed by atoms with Crippen molar-refractivity contribution in [2.24, 2.45) is 0 Å². The summed E-state index contributed by atoms with van der Waals surface area (Å²) >= 11 is 1.86. The maximum atomic E-state index is 6.67. The third kappa shape index (κ3) is 5.95. The predicted octanol–water partition coefficient (Wildman–Crippen LogP) is 17.5. The highest BCUT2D eigenvalue weighted by Gasteiger charge is 2.23. The van der Waals surface area contributed by atoms with Crippen molar-refractivity contribution in [3.63, 3.8) is 0 Å². The van der Waals surface area contributed by atoms with Gasteiger partial charge in [-0.1, -0.05) is 146 Å². The standard InChI is InChI=1S/C63H36N4O2S/c1-4-14-37(15-5-1)39-26-29-44-45-30-27-41(36-54(45)69-53(44)35-39)62-64-61(38-16-6-2-7-17-38)65-63(66-62)48-23-13-24-52-57(48)49-34-40(28-32-51(49)68-52)43-21-12-22-47-58-50(67(60(43)47)42-18-8-3-9-19-42)31-33-56-59(58)46-20-10-11-25-55(46)70-56/h1-36H. The van der Waals surface area contributed by atoms with Crippen LogP contribution in [0.5, 0.6) is 0 Å². The molecule has 0 bridgehead atoms. The first-order valence-electron chi connectivity index (χ1n) is 23.4. The molecule has 326 valence electrons. The number of hydrogen-bond acceptors (Lipinski definition) is 6. The zero-order chi connectivity index (χ0) is 45.9. The van der Waals surface area contributed by atoms with Crippen LogP contribution in [0.25, 0.3) is 148 Å². The van der Waals surface area contributed by atoms with Crippen LogP contribution < -0.4 is 0 Å². The van der Waals surface area contributed by atoms with E-state index in [4.69, 9.17) is 23.8 Å². The van der Waals surface area contributed by atoms with Gasteiger partial charge in [-0.3, -0.25) is 0 Å². The quantitative estimate of drug-likeness (QED) is 0.166. The average molecular weight is 913 g/mol. The monoisotopic (exact) mass is 912 g/mol. The van der Waals surface area contributed by atoms with Gasteiger partial charge < -0.3 is 13.4 Å². The van der Waals surface area contributed by atoms with Gasteiger partial charge in [-0.25, -0.2) is 15.0 Å². The van der Waals surface area contributed by atoms with Gasteiger partial charge in [0.25, 0.3) is 0 Å². The molecule has 15 aromatic rings. The summed E-state index contributed by atoms with van der Waals surface area (Å²) in [5.41, 5.74) is 13.6. The molecule has 0 aliphatic carbocycles. The maximum absolute atomic E-state index is 6.67. The van der Waals surface area contributed by atoms with E-state index in [0.717, 1.165) is 94.0 Å². The molecule has 0 saturated heterocycles. The van der Waals surface area contributed by atoms with E-state index in [-0.39, 0.29) is 0 Å². The third-order valence-corrected chi connectivity index (χ3v) is 15.0. The van der Waals surface area contributed by atoms with Gasteiger partial charge in [0.05, 0.1) is 11.0 Å². The number of nitrogens with zero attached hydrogens (tertiary/aromatic N) is 4. The molecule has 0 unspecified atom stereocenters. The Labute approximate surface area is 404 Å². The first-order valence-corrected chi connectivity index (χ1v) is 24.2. The highest BCUT2D eigenvalue weighted by atomic mass is 32.1. The first kappa shape index (κ1) is 38.9. The van der Waals surface area contributed by atoms with Crippen molar-refractivity contribution in [2.75, 3.05) is 0 Å². The summed E-state index contributed by atoms with van der Waals surface area (Å²) < 4.78 is 18.3. The molecule has 15 rings (SSSR count). The summed E-state index contributed by atoms with van der Waals surface area (Å²) in [6.45, 7) is 0. The molecule has 6 nitrogen and oxygen atoms in total. The van der Waals surface area contributed by atoms with E-state index in [1.165, 1.54) is 36.5 Å². The van der Waals surface area contributed by atoms with E-state index in [1.54, 1.807) is 0 Å². The molecule has 0 aliphatic heterocycles. The Morgan fingerprint density at radius 3 is 1.77 bits per heavy atom. The third-order valence-electron chi connectivity index (χ3n) is 13.9. The van der Waals surface area contributed by atoms with Crippen molar-refractivity contribution in [1.82, 2.24) is 19.5 Å². The molecule has 0 fully saturated rings. The van der Waals surface area contributed by atoms with E-state index >= 15 is 0 Å². The average Bonchev–Trinajstić information content (AvgIpc) is 4.19. The van der Waals surface area contributed by atoms with Crippen molar-refractivity contribution < 1.29 is 8.83 Å². The Bertz CT molecular complexity index is 4590. The van der Waals surface area contributed by atoms with Gasteiger partial charge in [0.1, 0.15) is 22.3 Å². The highest BCUT2D eigenvalue weighted by molar-refractivity contribution is 7.26. The molecule has 0 radical (unpaired) electrons. The molecule has 0 amide bonds. The number of fused-ring (bicyclic) bond motifs is 13. The number of hydrogen-bond donors (Lipinski definition) is 0. The smallest absolute Gasteiger partial charge is 0.164 e. The zero-order valence-corrected chi connectivity index (χ0v) is 38.1. The first-order chi connectivity index (χ1) is 34.7. The molecule has 0 N–H and O–H groups in total. The van der Waals surface area contributed by atoms with Crippen LogP contribution >= 0.6 is 11.3 Å². The Balaban J connectivity index is 0.924. The van der Waals surface area contributed by atoms with Gasteiger partial charge in [0, 0.05) is 80.4 Å². The second kappa shape index (κ2) is 15.2. The SMILES string of the molecule is c1ccc(-c2ccc3c(c2)oc2cc(-c4nc(-c5ccccc5)nc(-c5cccc6oc7ccc(-c8cccc9c%10c%11c(ccc%10n(-c%10ccccc%10)c89)sc8ccccc8%11)cc7c56)n4)ccc23)cc1. The molecule has 5 heterocycles. The van der Waals surface area contributed by atoms with Crippen molar-refractivity contribution >= 4 is 97.2 Å². The predicted molar refractivity (Wildman–Crippen MR) is 289 cm³/mol. The molecule has 5 aromatic heterocycles. The lowest BCUT2D eigenvalue weighted by Crippen LogP contribution is -2.00. The lowest BCUT2D eigenvalue weighted by Gasteiger charge is -2.12. The highest BCUT2D eigenvalue weighted by Crippen LogP contribution is 2.47. The minimum atomic E-state index is 0.551. The van der Waals surface area contributed by atoms with Crippen LogP contribution in [0.2, 0.25) is 0 Å². The van der Waals surface area contributed by atoms with Crippen LogP contribution in [0.15, 0.2) is 227 Å². The summed E-state index contributed by atoms with van der Waals surface area (Å²) in [5, 5.41) is 9.10. The molecule has 0 atom stereocenters. The Morgan fingerprint density at radius 2 is 0.957 bits per heavy atom. The number of thiophene rings is 1. The van der Waals surface area contributed by atoms with Gasteiger partial charge in [-0.15, -0.1) is 11.3 Å². The van der Waals surface area contributed by atoms with Crippen molar-refractivity contribution in [3.8, 4) is 62.1 Å². The minimum absolute atomic E-state index is 0.551. The number of aromatic nitrogens is 4. The summed E-state index contributed by atoms with van der Waals surface area (Å²) in [6, 6.07) is 76.7. The second-order valence-electron chi connectivity index (χ2n) is 17.9. The molecule has 7 heteroatoms. The van der Waals surface area contributed by atoms with Crippen molar-refractivity contribution in [3.05, 3.63) is 218 Å². The molecular weight excluding hydrogens is 877 g/mol. The molecule has 70 heavy (non-hydrogen) atoms. The number of para-hydroxylation sites is 2. The topological polar surface area (TPSA) is 69.9 Å². The van der Waals surface area contributed by atoms with Gasteiger partial charge in [-0.05, 0) is 89.5 Å². The summed E-state index contributed by atoms with van der Waals surface area (Å²) in [5.74, 6) is 1.68. The summed E-state index contributed by atoms with van der Waals surface area (Å²) in [4.78, 5) is 15.6. The van der Waals surface area contributed by atoms with Crippen LogP contribution in [0.3, 0.4) is 0 Å². The Hall–Kier alpha value is -9.17. The molecule has 0 saturated carbocycles. The summed E-state index contributed by atoms with van der Waals surface area (Å²) in [7, 11) is 0. The van der Waals surface area contributed by atoms with E-state index in [0.29, 0.717) is 17.5 Å². The molecule has 0 spiro atoms. The Kier molecular flexibility index (Phi) is 8.43. The summed E-state index contributed by atoms with van der Waals surface area (Å²) in [6.07, 6.45) is 0. The van der Waals surface area contributed by atoms with Crippen molar-refractivity contribution in [1.29, 1.82) is 0 Å². The minimum Gasteiger partial charge on any atom is -0.456 e.